The van der Waals surface area contributed by atoms with Gasteiger partial charge in [0, 0.05) is 41.0 Å². The van der Waals surface area contributed by atoms with E-state index in [2.05, 4.69) is 16.0 Å². The predicted octanol–water partition coefficient (Wildman–Crippen LogP) is 4.89. The van der Waals surface area contributed by atoms with Crippen molar-refractivity contribution in [1.82, 2.24) is 10.6 Å². The molecule has 1 unspecified atom stereocenters. The van der Waals surface area contributed by atoms with Crippen molar-refractivity contribution < 1.29 is 14.4 Å². The molecule has 1 atom stereocenters. The number of nitrogens with zero attached hydrogens (tertiary/aromatic N) is 1. The van der Waals surface area contributed by atoms with Crippen LogP contribution in [0.5, 0.6) is 0 Å². The lowest BCUT2D eigenvalue weighted by Gasteiger charge is -2.54. The van der Waals surface area contributed by atoms with Gasteiger partial charge in [0.25, 0.3) is 5.91 Å². The van der Waals surface area contributed by atoms with Crippen LogP contribution in [0.15, 0.2) is 30.3 Å². The topological polar surface area (TPSA) is 90.5 Å². The van der Waals surface area contributed by atoms with Crippen molar-refractivity contribution >= 4 is 39.9 Å². The number of piperidine rings is 1. The molecule has 7 heteroatoms. The maximum absolute atomic E-state index is 13.3. The average Bonchev–Trinajstić information content (AvgIpc) is 3.12. The third-order valence-corrected chi connectivity index (χ3v) is 9.12. The Balaban J connectivity index is 0.974. The number of nitrogens with one attached hydrogen (secondary N) is 3. The van der Waals surface area contributed by atoms with E-state index in [9.17, 15) is 14.4 Å². The van der Waals surface area contributed by atoms with E-state index in [4.69, 9.17) is 0 Å². The highest BCUT2D eigenvalue weighted by Crippen LogP contribution is 2.55. The first kappa shape index (κ1) is 24.4. The number of hydrogen-bond acceptors (Lipinski definition) is 5. The van der Waals surface area contributed by atoms with Crippen molar-refractivity contribution in [3.63, 3.8) is 0 Å². The molecule has 6 rings (SSSR count). The minimum Gasteiger partial charge on any atom is -0.385 e. The average molecular weight is 503 g/mol. The molecular formula is C30H38N4O3. The lowest BCUT2D eigenvalue weighted by molar-refractivity contribution is -0.134. The van der Waals surface area contributed by atoms with Gasteiger partial charge in [-0.05, 0) is 75.1 Å². The molecule has 2 heterocycles. The van der Waals surface area contributed by atoms with E-state index in [1.165, 1.54) is 57.8 Å². The summed E-state index contributed by atoms with van der Waals surface area (Å²) in [6.45, 7) is 2.06. The summed E-state index contributed by atoms with van der Waals surface area (Å²) < 4.78 is 0. The summed E-state index contributed by atoms with van der Waals surface area (Å²) in [5.74, 6) is -0.836. The Morgan fingerprint density at radius 3 is 2.49 bits per heavy atom. The SMILES string of the molecule is O=C1CCC(N2C(=O)c3cccc4c(NCCCCCCCNC5CC6(CCC6)C5)ccc2c34)C(=O)N1. The largest absolute Gasteiger partial charge is 0.385 e. The van der Waals surface area contributed by atoms with Crippen LogP contribution in [0, 0.1) is 5.41 Å². The van der Waals surface area contributed by atoms with Crippen LogP contribution >= 0.6 is 0 Å². The highest BCUT2D eigenvalue weighted by atomic mass is 16.2. The predicted molar refractivity (Wildman–Crippen MR) is 146 cm³/mol. The van der Waals surface area contributed by atoms with Gasteiger partial charge in [-0.15, -0.1) is 0 Å². The molecule has 0 radical (unpaired) electrons. The van der Waals surface area contributed by atoms with Gasteiger partial charge >= 0.3 is 0 Å². The van der Waals surface area contributed by atoms with E-state index in [1.54, 1.807) is 4.90 Å². The summed E-state index contributed by atoms with van der Waals surface area (Å²) in [6, 6.07) is 9.85. The maximum Gasteiger partial charge on any atom is 0.259 e. The molecule has 3 fully saturated rings. The van der Waals surface area contributed by atoms with Gasteiger partial charge in [0.1, 0.15) is 6.04 Å². The van der Waals surface area contributed by atoms with Crippen LogP contribution in [0.1, 0.15) is 87.4 Å². The van der Waals surface area contributed by atoms with E-state index < -0.39 is 11.9 Å². The first-order valence-corrected chi connectivity index (χ1v) is 14.2. The molecule has 196 valence electrons. The van der Waals surface area contributed by atoms with E-state index in [0.717, 1.165) is 53.1 Å². The molecule has 2 aliphatic carbocycles. The van der Waals surface area contributed by atoms with Crippen molar-refractivity contribution in [2.24, 2.45) is 5.41 Å². The Morgan fingerprint density at radius 1 is 0.946 bits per heavy atom. The summed E-state index contributed by atoms with van der Waals surface area (Å²) >= 11 is 0. The maximum atomic E-state index is 13.3. The monoisotopic (exact) mass is 502 g/mol. The van der Waals surface area contributed by atoms with Gasteiger partial charge in [0.15, 0.2) is 0 Å². The lowest BCUT2D eigenvalue weighted by atomic mass is 9.54. The number of benzene rings is 2. The van der Waals surface area contributed by atoms with Crippen molar-refractivity contribution in [2.75, 3.05) is 23.3 Å². The van der Waals surface area contributed by atoms with E-state index in [-0.39, 0.29) is 18.2 Å². The van der Waals surface area contributed by atoms with Gasteiger partial charge in [-0.2, -0.15) is 0 Å². The molecule has 2 saturated carbocycles. The highest BCUT2D eigenvalue weighted by molar-refractivity contribution is 6.28. The van der Waals surface area contributed by atoms with Gasteiger partial charge in [-0.1, -0.05) is 37.8 Å². The van der Waals surface area contributed by atoms with Crippen LogP contribution in [0.25, 0.3) is 10.8 Å². The molecule has 0 bridgehead atoms. The number of amides is 3. The minimum atomic E-state index is -0.650. The fraction of sp³-hybridized carbons (Fsp3) is 0.567. The summed E-state index contributed by atoms with van der Waals surface area (Å²) in [4.78, 5) is 38.9. The summed E-state index contributed by atoms with van der Waals surface area (Å²) in [7, 11) is 0. The number of carbonyl (C=O) groups excluding carboxylic acids is 3. The molecular weight excluding hydrogens is 464 g/mol. The van der Waals surface area contributed by atoms with E-state index >= 15 is 0 Å². The number of hydrogen-bond donors (Lipinski definition) is 3. The Kier molecular flexibility index (Phi) is 6.65. The first-order valence-electron chi connectivity index (χ1n) is 14.2. The number of carbonyl (C=O) groups is 3. The summed E-state index contributed by atoms with van der Waals surface area (Å²) in [5, 5.41) is 11.6. The number of anilines is 2. The van der Waals surface area contributed by atoms with Crippen LogP contribution in [-0.4, -0.2) is 42.9 Å². The molecule has 2 aliphatic heterocycles. The number of unbranched alkanes of at least 4 members (excludes halogenated alkanes) is 4. The van der Waals surface area contributed by atoms with Crippen molar-refractivity contribution in [3.8, 4) is 0 Å². The third kappa shape index (κ3) is 4.63. The van der Waals surface area contributed by atoms with Crippen LogP contribution in [0.2, 0.25) is 0 Å². The summed E-state index contributed by atoms with van der Waals surface area (Å²) in [6.07, 6.45) is 14.0. The van der Waals surface area contributed by atoms with Crippen LogP contribution in [0.3, 0.4) is 0 Å². The number of imide groups is 1. The molecule has 3 amide bonds. The van der Waals surface area contributed by atoms with Gasteiger partial charge in [-0.3, -0.25) is 24.6 Å². The molecule has 1 spiro atoms. The second-order valence-corrected chi connectivity index (χ2v) is 11.6. The smallest absolute Gasteiger partial charge is 0.259 e. The zero-order chi connectivity index (χ0) is 25.4. The van der Waals surface area contributed by atoms with Crippen LogP contribution in [0.4, 0.5) is 11.4 Å². The highest BCUT2D eigenvalue weighted by Gasteiger charge is 2.47. The zero-order valence-corrected chi connectivity index (χ0v) is 21.6. The molecule has 7 nitrogen and oxygen atoms in total. The van der Waals surface area contributed by atoms with E-state index in [1.807, 2.05) is 30.3 Å². The second-order valence-electron chi connectivity index (χ2n) is 11.6. The van der Waals surface area contributed by atoms with Crippen molar-refractivity contribution in [2.45, 2.75) is 89.1 Å². The Hall–Kier alpha value is -2.93. The van der Waals surface area contributed by atoms with Gasteiger partial charge in [0.2, 0.25) is 11.8 Å². The molecule has 37 heavy (non-hydrogen) atoms. The normalized spacial score (nSPS) is 22.3. The van der Waals surface area contributed by atoms with E-state index in [0.29, 0.717) is 12.0 Å². The summed E-state index contributed by atoms with van der Waals surface area (Å²) in [5.41, 5.74) is 3.17. The van der Waals surface area contributed by atoms with Crippen LogP contribution < -0.4 is 20.9 Å². The Morgan fingerprint density at radius 2 is 1.73 bits per heavy atom. The Bertz CT molecular complexity index is 1210. The minimum absolute atomic E-state index is 0.165. The second kappa shape index (κ2) is 10.1. The molecule has 0 aromatic heterocycles. The molecule has 2 aromatic rings. The van der Waals surface area contributed by atoms with Crippen molar-refractivity contribution in [1.29, 1.82) is 0 Å². The van der Waals surface area contributed by atoms with Crippen molar-refractivity contribution in [3.05, 3.63) is 35.9 Å². The van der Waals surface area contributed by atoms with Gasteiger partial charge < -0.3 is 10.6 Å². The number of rotatable bonds is 11. The molecule has 3 N–H and O–H groups in total. The third-order valence-electron chi connectivity index (χ3n) is 9.12. The quantitative estimate of drug-likeness (QED) is 0.301. The fourth-order valence-corrected chi connectivity index (χ4v) is 6.92. The fourth-order valence-electron chi connectivity index (χ4n) is 6.92. The standard InChI is InChI=1S/C30H38N4O3/c35-26-13-12-25(28(36)33-26)34-24-11-10-23(21-8-6-9-22(27(21)24)29(34)37)32-17-5-3-1-2-4-16-31-20-18-30(19-20)14-7-15-30/h6,8-11,20,25,31-32H,1-5,7,12-19H2,(H,33,35,36). The van der Waals surface area contributed by atoms with Gasteiger partial charge in [-0.25, -0.2) is 0 Å². The molecule has 1 saturated heterocycles. The van der Waals surface area contributed by atoms with Gasteiger partial charge in [0.05, 0.1) is 5.69 Å². The first-order chi connectivity index (χ1) is 18.0. The Labute approximate surface area is 218 Å². The zero-order valence-electron chi connectivity index (χ0n) is 21.6. The molecule has 4 aliphatic rings. The lowest BCUT2D eigenvalue weighted by Crippen LogP contribution is -2.53. The molecule has 2 aromatic carbocycles. The van der Waals surface area contributed by atoms with Crippen LogP contribution in [-0.2, 0) is 9.59 Å².